The topological polar surface area (TPSA) is 20.2 Å². The van der Waals surface area contributed by atoms with Gasteiger partial charge in [-0.3, -0.25) is 0 Å². The van der Waals surface area contributed by atoms with Crippen LogP contribution in [0.4, 0.5) is 0 Å². The fourth-order valence-electron chi connectivity index (χ4n) is 17.9. The number of fused-ring (bicyclic) bond motifs is 10. The molecule has 10 rings (SSSR count). The van der Waals surface area contributed by atoms with Gasteiger partial charge in [-0.05, 0) is 0 Å². The van der Waals surface area contributed by atoms with E-state index in [1.165, 1.54) is 49.8 Å². The molecule has 0 amide bonds. The van der Waals surface area contributed by atoms with Gasteiger partial charge >= 0.3 is 85.1 Å². The van der Waals surface area contributed by atoms with E-state index in [0.29, 0.717) is 6.61 Å². The second kappa shape index (κ2) is 0.477. The molecule has 10 saturated heterocycles. The van der Waals surface area contributed by atoms with Crippen LogP contribution in [-0.4, -0.2) is 11.7 Å². The van der Waals surface area contributed by atoms with Gasteiger partial charge in [0.2, 0.25) is 0 Å². The number of aliphatic hydroxyl groups excluding tert-OH is 1. The van der Waals surface area contributed by atoms with Crippen LogP contribution in [0.25, 0.3) is 0 Å². The van der Waals surface area contributed by atoms with E-state index < -0.39 is 6.51 Å². The molecule has 0 aromatic rings. The molecule has 16 heavy (non-hydrogen) atoms. The number of unbranched alkanes of at least 4 members (excludes halogenated alkanes) is 1. The Bertz CT molecular complexity index is 818. The first kappa shape index (κ1) is 6.08. The van der Waals surface area contributed by atoms with Gasteiger partial charge in [0.05, 0.1) is 0 Å². The van der Waals surface area contributed by atoms with Crippen molar-refractivity contribution in [2.75, 3.05) is 6.61 Å². The second-order valence-electron chi connectivity index (χ2n) is 11.0. The van der Waals surface area contributed by atoms with Crippen LogP contribution in [0.5, 0.6) is 0 Å². The number of aliphatic hydroxyl groups is 1. The molecule has 4 unspecified atom stereocenters. The average Bonchev–Trinajstić information content (AvgIpc) is 3.24. The summed E-state index contributed by atoms with van der Waals surface area (Å²) in [5.41, 5.74) is 0. The van der Waals surface area contributed by atoms with Crippen LogP contribution in [-0.2, 0) is 6.51 Å². The summed E-state index contributed by atoms with van der Waals surface area (Å²) in [6.45, 7) is -2.22. The first-order valence-electron chi connectivity index (χ1n) is 7.43. The third-order valence-corrected chi connectivity index (χ3v) is 59.0. The predicted molar refractivity (Wildman–Crippen MR) is 57.4 cm³/mol. The van der Waals surface area contributed by atoms with Gasteiger partial charge in [0.1, 0.15) is 0 Å². The van der Waals surface area contributed by atoms with E-state index in [1.807, 2.05) is 0 Å². The zero-order valence-corrected chi connectivity index (χ0v) is 10.4. The first-order valence-corrected chi connectivity index (χ1v) is 13.7. The molecule has 0 aliphatic carbocycles. The molecule has 0 aromatic carbocycles. The van der Waals surface area contributed by atoms with Crippen molar-refractivity contribution in [3.05, 3.63) is 0 Å². The average molecular weight is 258 g/mol. The second-order valence-corrected chi connectivity index (χ2v) is 34.7. The van der Waals surface area contributed by atoms with Crippen molar-refractivity contribution >= 4 is 0 Å². The Hall–Kier alpha value is 0.479. The Morgan fingerprint density at radius 3 is 1.69 bits per heavy atom. The van der Waals surface area contributed by atoms with Crippen LogP contribution in [0.2, 0.25) is 47.7 Å². The molecule has 1 nitrogen and oxygen atoms in total. The molecular formula is C14H18FeO. The number of rotatable bonds is 4. The third kappa shape index (κ3) is 0.0546. The summed E-state index contributed by atoms with van der Waals surface area (Å²) in [4.78, 5) is 13.5. The van der Waals surface area contributed by atoms with Crippen molar-refractivity contribution in [3.8, 4) is 0 Å². The van der Waals surface area contributed by atoms with Gasteiger partial charge < -0.3 is 0 Å². The summed E-state index contributed by atoms with van der Waals surface area (Å²) < 4.78 is 1.13. The molecule has 1 spiro atoms. The summed E-state index contributed by atoms with van der Waals surface area (Å²) in [7, 11) is 0. The molecule has 2 heteroatoms. The molecule has 0 radical (unpaired) electrons. The van der Waals surface area contributed by atoms with E-state index in [9.17, 15) is 0 Å². The Balaban J connectivity index is 1.46. The Kier molecular flexibility index (Phi) is 0.181. The summed E-state index contributed by atoms with van der Waals surface area (Å²) in [6.07, 6.45) is 4.12. The predicted octanol–water partition coefficient (Wildman–Crippen LogP) is 3.91. The van der Waals surface area contributed by atoms with Gasteiger partial charge in [-0.2, -0.15) is 0 Å². The molecule has 10 heterocycles. The van der Waals surface area contributed by atoms with Crippen molar-refractivity contribution in [2.45, 2.75) is 66.9 Å². The zero-order valence-electron chi connectivity index (χ0n) is 9.33. The van der Waals surface area contributed by atoms with Crippen molar-refractivity contribution in [1.29, 1.82) is 0 Å². The van der Waals surface area contributed by atoms with Crippen molar-refractivity contribution in [3.63, 3.8) is 0 Å². The Morgan fingerprint density at radius 1 is 0.812 bits per heavy atom. The zero-order chi connectivity index (χ0) is 9.84. The molecule has 4 atom stereocenters. The van der Waals surface area contributed by atoms with Crippen LogP contribution in [0.1, 0.15) is 19.3 Å². The van der Waals surface area contributed by atoms with E-state index in [1.54, 1.807) is 6.42 Å². The SMILES string of the molecule is OCCCC[C]12[CH]3[CH]4[CH]5[CH]1[Fe]45321678[CH]2[CH]1[CH]6[CH]7[CH]28. The van der Waals surface area contributed by atoms with E-state index in [4.69, 9.17) is 5.11 Å². The molecule has 10 aliphatic heterocycles. The maximum atomic E-state index is 9.04. The molecule has 0 saturated carbocycles. The summed E-state index contributed by atoms with van der Waals surface area (Å²) in [5.74, 6) is 0. The Labute approximate surface area is 85.3 Å². The monoisotopic (exact) mass is 258 g/mol. The summed E-state index contributed by atoms with van der Waals surface area (Å²) >= 11 is 0. The fraction of sp³-hybridized carbons (Fsp3) is 1.00. The van der Waals surface area contributed by atoms with Crippen LogP contribution in [0.15, 0.2) is 0 Å². The molecular weight excluding hydrogens is 240 g/mol. The minimum atomic E-state index is -2.67. The van der Waals surface area contributed by atoms with Crippen LogP contribution in [0, 0.1) is 0 Å². The van der Waals surface area contributed by atoms with E-state index in [0.717, 1.165) is 10.7 Å². The fourth-order valence-corrected chi connectivity index (χ4v) is 93.2. The molecule has 10 aliphatic rings. The maximum absolute atomic E-state index is 9.04. The van der Waals surface area contributed by atoms with Crippen LogP contribution >= 0.6 is 0 Å². The van der Waals surface area contributed by atoms with E-state index >= 15 is 0 Å². The van der Waals surface area contributed by atoms with Gasteiger partial charge in [-0.15, -0.1) is 0 Å². The summed E-state index contributed by atoms with van der Waals surface area (Å²) in [6, 6.07) is 0. The third-order valence-electron chi connectivity index (χ3n) is 15.9. The number of hydrogen-bond donors (Lipinski definition) is 1. The van der Waals surface area contributed by atoms with Gasteiger partial charge in [0.25, 0.3) is 0 Å². The van der Waals surface area contributed by atoms with Crippen molar-refractivity contribution < 1.29 is 11.6 Å². The standard InChI is InChI=1S/C9H13O.C5H5.Fe/c10-8-4-3-7-9-5-1-2-6-9;1-2-4-5-3-1;/h1-2,5-6,10H,3-4,7-8H2;1-5H;. The minimum absolute atomic E-state index is 0.451. The molecule has 1 N–H and O–H groups in total. The van der Waals surface area contributed by atoms with E-state index in [2.05, 4.69) is 0 Å². The molecule has 0 aromatic heterocycles. The van der Waals surface area contributed by atoms with Crippen molar-refractivity contribution in [2.24, 2.45) is 0 Å². The van der Waals surface area contributed by atoms with Gasteiger partial charge in [-0.1, -0.05) is 0 Å². The van der Waals surface area contributed by atoms with E-state index in [-0.39, 0.29) is 0 Å². The van der Waals surface area contributed by atoms with Crippen LogP contribution < -0.4 is 0 Å². The molecule has 0 bridgehead atoms. The van der Waals surface area contributed by atoms with Crippen LogP contribution in [0.3, 0.4) is 0 Å². The van der Waals surface area contributed by atoms with Gasteiger partial charge in [0, 0.05) is 0 Å². The normalized spacial score (nSPS) is 126. The molecule has 88 valence electrons. The van der Waals surface area contributed by atoms with Gasteiger partial charge in [0.15, 0.2) is 0 Å². The van der Waals surface area contributed by atoms with Gasteiger partial charge in [-0.25, -0.2) is 0 Å². The first-order chi connectivity index (χ1) is 7.61. The number of hydrogen-bond acceptors (Lipinski definition) is 1. The van der Waals surface area contributed by atoms with Crippen molar-refractivity contribution in [1.82, 2.24) is 0 Å². The Morgan fingerprint density at radius 2 is 1.38 bits per heavy atom. The molecule has 10 fully saturated rings. The quantitative estimate of drug-likeness (QED) is 0.598. The summed E-state index contributed by atoms with van der Waals surface area (Å²) in [5, 5.41) is 9.04.